The third-order valence-corrected chi connectivity index (χ3v) is 5.32. The Kier molecular flexibility index (Phi) is 5.90. The van der Waals surface area contributed by atoms with Crippen molar-refractivity contribution in [1.29, 1.82) is 0 Å². The number of pyridine rings is 1. The third-order valence-electron chi connectivity index (χ3n) is 3.92. The summed E-state index contributed by atoms with van der Waals surface area (Å²) in [6.45, 7) is 0.322. The van der Waals surface area contributed by atoms with Gasteiger partial charge in [-0.3, -0.25) is 14.5 Å². The summed E-state index contributed by atoms with van der Waals surface area (Å²) in [5.41, 5.74) is 1.37. The van der Waals surface area contributed by atoms with Gasteiger partial charge in [0.25, 0.3) is 15.9 Å². The van der Waals surface area contributed by atoms with Gasteiger partial charge in [0, 0.05) is 12.7 Å². The second-order valence-corrected chi connectivity index (χ2v) is 7.59. The number of nitrogens with zero attached hydrogens (tertiary/aromatic N) is 1. The highest BCUT2D eigenvalue weighted by Gasteiger charge is 2.15. The Morgan fingerprint density at radius 1 is 1.04 bits per heavy atom. The molecule has 0 atom stereocenters. The number of amides is 1. The molecule has 1 aromatic heterocycles. The van der Waals surface area contributed by atoms with Crippen LogP contribution in [-0.4, -0.2) is 26.4 Å². The molecule has 3 aromatic rings. The number of hydrogen-bond donors (Lipinski definition) is 2. The zero-order chi connectivity index (χ0) is 20.0. The summed E-state index contributed by atoms with van der Waals surface area (Å²) in [7, 11) is -2.17. The molecule has 0 saturated carbocycles. The van der Waals surface area contributed by atoms with Gasteiger partial charge in [0.15, 0.2) is 0 Å². The molecule has 0 bridgehead atoms. The summed E-state index contributed by atoms with van der Waals surface area (Å²) < 4.78 is 32.3. The van der Waals surface area contributed by atoms with Crippen LogP contribution in [0.5, 0.6) is 5.75 Å². The first-order chi connectivity index (χ1) is 13.5. The lowest BCUT2D eigenvalue weighted by atomic mass is 10.2. The summed E-state index contributed by atoms with van der Waals surface area (Å²) >= 11 is 0. The lowest BCUT2D eigenvalue weighted by molar-refractivity contribution is 0.0950. The summed E-state index contributed by atoms with van der Waals surface area (Å²) in [5, 5.41) is 2.78. The average Bonchev–Trinajstić information content (AvgIpc) is 2.73. The molecule has 0 spiro atoms. The van der Waals surface area contributed by atoms with E-state index in [1.54, 1.807) is 25.3 Å². The number of carbonyl (C=O) groups excluding carboxylic acids is 1. The van der Waals surface area contributed by atoms with Gasteiger partial charge in [0.1, 0.15) is 5.75 Å². The highest BCUT2D eigenvalue weighted by Crippen LogP contribution is 2.16. The van der Waals surface area contributed by atoms with Gasteiger partial charge in [-0.1, -0.05) is 30.3 Å². The maximum Gasteiger partial charge on any atom is 0.261 e. The van der Waals surface area contributed by atoms with Gasteiger partial charge in [-0.25, -0.2) is 8.42 Å². The fourth-order valence-corrected chi connectivity index (χ4v) is 3.52. The van der Waals surface area contributed by atoms with Gasteiger partial charge < -0.3 is 10.1 Å². The monoisotopic (exact) mass is 397 g/mol. The number of benzene rings is 2. The predicted molar refractivity (Wildman–Crippen MR) is 106 cm³/mol. The van der Waals surface area contributed by atoms with Crippen molar-refractivity contribution in [1.82, 2.24) is 10.3 Å². The number of anilines is 1. The van der Waals surface area contributed by atoms with Crippen molar-refractivity contribution in [3.63, 3.8) is 0 Å². The largest absolute Gasteiger partial charge is 0.497 e. The molecule has 1 heterocycles. The van der Waals surface area contributed by atoms with Crippen LogP contribution < -0.4 is 14.8 Å². The van der Waals surface area contributed by atoms with Gasteiger partial charge >= 0.3 is 0 Å². The first kappa shape index (κ1) is 19.4. The smallest absolute Gasteiger partial charge is 0.261 e. The van der Waals surface area contributed by atoms with Crippen LogP contribution in [0.2, 0.25) is 0 Å². The fraction of sp³-hybridized carbons (Fsp3) is 0.100. The Morgan fingerprint density at radius 3 is 2.43 bits per heavy atom. The van der Waals surface area contributed by atoms with Gasteiger partial charge in [0.05, 0.1) is 29.5 Å². The van der Waals surface area contributed by atoms with Crippen molar-refractivity contribution in [2.45, 2.75) is 11.4 Å². The highest BCUT2D eigenvalue weighted by atomic mass is 32.2. The van der Waals surface area contributed by atoms with Crippen LogP contribution >= 0.6 is 0 Å². The molecule has 0 radical (unpaired) electrons. The molecule has 0 aliphatic carbocycles. The molecule has 0 fully saturated rings. The van der Waals surface area contributed by atoms with E-state index in [4.69, 9.17) is 4.74 Å². The van der Waals surface area contributed by atoms with Crippen LogP contribution in [-0.2, 0) is 16.6 Å². The molecule has 2 N–H and O–H groups in total. The number of nitrogens with one attached hydrogen (secondary N) is 2. The van der Waals surface area contributed by atoms with Gasteiger partial charge in [-0.15, -0.1) is 0 Å². The number of aromatic nitrogens is 1. The molecule has 0 unspecified atom stereocenters. The molecular weight excluding hydrogens is 378 g/mol. The minimum Gasteiger partial charge on any atom is -0.497 e. The second kappa shape index (κ2) is 8.53. The maximum atomic E-state index is 12.4. The minimum absolute atomic E-state index is 0.129. The molecule has 7 nitrogen and oxygen atoms in total. The summed E-state index contributed by atoms with van der Waals surface area (Å²) in [5.74, 6) is 0.377. The predicted octanol–water partition coefficient (Wildman–Crippen LogP) is 2.82. The van der Waals surface area contributed by atoms with E-state index < -0.39 is 10.0 Å². The first-order valence-corrected chi connectivity index (χ1v) is 9.90. The third kappa shape index (κ3) is 4.86. The lowest BCUT2D eigenvalue weighted by Gasteiger charge is -2.10. The number of hydrogen-bond acceptors (Lipinski definition) is 5. The molecule has 8 heteroatoms. The van der Waals surface area contributed by atoms with E-state index >= 15 is 0 Å². The summed E-state index contributed by atoms with van der Waals surface area (Å²) in [6, 6.07) is 16.7. The zero-order valence-corrected chi connectivity index (χ0v) is 15.9. The van der Waals surface area contributed by atoms with Gasteiger partial charge in [0.2, 0.25) is 0 Å². The van der Waals surface area contributed by atoms with Crippen LogP contribution in [0, 0.1) is 0 Å². The number of methoxy groups -OCH3 is 1. The van der Waals surface area contributed by atoms with Crippen molar-refractivity contribution in [2.75, 3.05) is 11.8 Å². The molecule has 1 amide bonds. The molecule has 0 saturated heterocycles. The Labute approximate surface area is 163 Å². The van der Waals surface area contributed by atoms with E-state index in [9.17, 15) is 13.2 Å². The van der Waals surface area contributed by atoms with Crippen LogP contribution in [0.15, 0.2) is 78.0 Å². The van der Waals surface area contributed by atoms with E-state index in [0.29, 0.717) is 6.54 Å². The Balaban J connectivity index is 1.67. The highest BCUT2D eigenvalue weighted by molar-refractivity contribution is 7.92. The average molecular weight is 397 g/mol. The van der Waals surface area contributed by atoms with E-state index in [1.165, 1.54) is 30.6 Å². The van der Waals surface area contributed by atoms with E-state index in [2.05, 4.69) is 15.0 Å². The molecule has 2 aromatic carbocycles. The maximum absolute atomic E-state index is 12.4. The molecule has 144 valence electrons. The standard InChI is InChI=1S/C20H19N3O4S/c1-27-18-9-7-15(8-10-18)12-22-20(24)16-11-17(14-21-13-16)23-28(25,26)19-5-3-2-4-6-19/h2-11,13-14,23H,12H2,1H3,(H,22,24). The Bertz CT molecular complexity index is 1050. The Morgan fingerprint density at radius 2 is 1.75 bits per heavy atom. The van der Waals surface area contributed by atoms with Crippen molar-refractivity contribution in [3.8, 4) is 5.75 Å². The van der Waals surface area contributed by atoms with Gasteiger partial charge in [-0.2, -0.15) is 0 Å². The number of carbonyl (C=O) groups is 1. The van der Waals surface area contributed by atoms with Crippen molar-refractivity contribution in [2.24, 2.45) is 0 Å². The van der Waals surface area contributed by atoms with Crippen molar-refractivity contribution < 1.29 is 17.9 Å². The Hall–Kier alpha value is -3.39. The summed E-state index contributed by atoms with van der Waals surface area (Å²) in [4.78, 5) is 16.5. The van der Waals surface area contributed by atoms with E-state index in [0.717, 1.165) is 11.3 Å². The molecule has 0 aliphatic rings. The molecular formula is C20H19N3O4S. The quantitative estimate of drug-likeness (QED) is 0.639. The topological polar surface area (TPSA) is 97.4 Å². The number of sulfonamides is 1. The van der Waals surface area contributed by atoms with Crippen molar-refractivity contribution in [3.05, 3.63) is 84.2 Å². The molecule has 3 rings (SSSR count). The minimum atomic E-state index is -3.75. The molecule has 0 aliphatic heterocycles. The van der Waals surface area contributed by atoms with Gasteiger partial charge in [-0.05, 0) is 35.9 Å². The lowest BCUT2D eigenvalue weighted by Crippen LogP contribution is -2.23. The molecule has 28 heavy (non-hydrogen) atoms. The first-order valence-electron chi connectivity index (χ1n) is 8.42. The van der Waals surface area contributed by atoms with Crippen LogP contribution in [0.25, 0.3) is 0 Å². The summed E-state index contributed by atoms with van der Waals surface area (Å²) in [6.07, 6.45) is 2.73. The van der Waals surface area contributed by atoms with Crippen LogP contribution in [0.4, 0.5) is 5.69 Å². The number of ether oxygens (including phenoxy) is 1. The van der Waals surface area contributed by atoms with E-state index in [-0.39, 0.29) is 22.1 Å². The van der Waals surface area contributed by atoms with Crippen molar-refractivity contribution >= 4 is 21.6 Å². The van der Waals surface area contributed by atoms with Crippen LogP contribution in [0.1, 0.15) is 15.9 Å². The van der Waals surface area contributed by atoms with Crippen LogP contribution in [0.3, 0.4) is 0 Å². The zero-order valence-electron chi connectivity index (χ0n) is 15.1. The fourth-order valence-electron chi connectivity index (χ4n) is 2.46. The second-order valence-electron chi connectivity index (χ2n) is 5.91. The normalized spacial score (nSPS) is 10.9. The number of rotatable bonds is 7. The SMILES string of the molecule is COc1ccc(CNC(=O)c2cncc(NS(=O)(=O)c3ccccc3)c2)cc1. The van der Waals surface area contributed by atoms with E-state index in [1.807, 2.05) is 24.3 Å².